The smallest absolute Gasteiger partial charge is 0.379 e. The second kappa shape index (κ2) is 2.64. The van der Waals surface area contributed by atoms with E-state index in [-0.39, 0.29) is 0 Å². The van der Waals surface area contributed by atoms with Crippen LogP contribution in [0.1, 0.15) is 23.7 Å². The number of hydrogen-bond acceptors (Lipinski definition) is 2. The molecule has 1 aliphatic rings. The third-order valence-corrected chi connectivity index (χ3v) is 1.02. The van der Waals surface area contributed by atoms with Crippen molar-refractivity contribution in [3.8, 4) is 0 Å². The van der Waals surface area contributed by atoms with Crippen molar-refractivity contribution in [3.05, 3.63) is 0 Å². The molecule has 1 aliphatic heterocycles. The third-order valence-electron chi connectivity index (χ3n) is 1.02. The molecule has 2 N–H and O–H groups in total. The Kier molecular flexibility index (Phi) is 0.692. The Hall–Kier alpha value is -0.290. The first-order valence-electron chi connectivity index (χ1n) is 6.54. The highest BCUT2D eigenvalue weighted by Crippen LogP contribution is 2.34. The summed E-state index contributed by atoms with van der Waals surface area (Å²) in [7, 11) is 0. The van der Waals surface area contributed by atoms with Crippen molar-refractivity contribution in [1.29, 1.82) is 0 Å². The minimum absolute atomic E-state index is 1.06. The van der Waals surface area contributed by atoms with Crippen molar-refractivity contribution in [2.45, 2.75) is 24.5 Å². The Labute approximate surface area is 73.6 Å². The lowest BCUT2D eigenvalue weighted by Gasteiger charge is -2.34. The van der Waals surface area contributed by atoms with Crippen molar-refractivity contribution in [2.24, 2.45) is 0 Å². The van der Waals surface area contributed by atoms with Crippen molar-refractivity contribution in [1.82, 2.24) is 5.32 Å². The summed E-state index contributed by atoms with van der Waals surface area (Å²) in [6.07, 6.45) is -14.0. The van der Waals surface area contributed by atoms with Crippen LogP contribution in [0.2, 0.25) is 0 Å². The van der Waals surface area contributed by atoms with Gasteiger partial charge in [0.2, 0.25) is 0 Å². The molecular formula is C6H10F3NO. The molecule has 66 valence electrons. The summed E-state index contributed by atoms with van der Waals surface area (Å²) in [5.41, 5.74) is -4.76. The summed E-state index contributed by atoms with van der Waals surface area (Å²) < 4.78 is 95.6. The number of halogens is 3. The Morgan fingerprint density at radius 3 is 2.73 bits per heavy atom. The molecule has 0 aromatic carbocycles. The fourth-order valence-electron chi connectivity index (χ4n) is 0.448. The van der Waals surface area contributed by atoms with Crippen LogP contribution >= 0.6 is 0 Å². The van der Waals surface area contributed by atoms with Gasteiger partial charge in [-0.1, -0.05) is 0 Å². The molecule has 5 heteroatoms. The molecule has 1 fully saturated rings. The van der Waals surface area contributed by atoms with E-state index in [2.05, 4.69) is 0 Å². The molecule has 0 bridgehead atoms. The fraction of sp³-hybridized carbons (Fsp3) is 1.00. The number of alkyl halides is 3. The fourth-order valence-corrected chi connectivity index (χ4v) is 0.448. The molecule has 0 aliphatic carbocycles. The molecule has 0 radical (unpaired) electrons. The number of aliphatic hydroxyl groups is 1. The molecule has 0 saturated carbocycles. The molecule has 0 amide bonds. The van der Waals surface area contributed by atoms with Gasteiger partial charge in [-0.25, -0.2) is 0 Å². The van der Waals surface area contributed by atoms with Crippen LogP contribution in [0.3, 0.4) is 0 Å². The van der Waals surface area contributed by atoms with E-state index < -0.39 is 37.5 Å². The van der Waals surface area contributed by atoms with Gasteiger partial charge >= 0.3 is 6.18 Å². The van der Waals surface area contributed by atoms with Gasteiger partial charge in [-0.2, -0.15) is 13.2 Å². The topological polar surface area (TPSA) is 32.3 Å². The number of hydrogen-bond donors (Lipinski definition) is 2. The van der Waals surface area contributed by atoms with Crippen LogP contribution in [0.25, 0.3) is 0 Å². The van der Waals surface area contributed by atoms with E-state index in [9.17, 15) is 18.3 Å². The van der Waals surface area contributed by atoms with Crippen LogP contribution < -0.4 is 5.32 Å². The van der Waals surface area contributed by atoms with Gasteiger partial charge in [0.05, 0.1) is 0 Å². The second-order valence-corrected chi connectivity index (χ2v) is 1.83. The van der Waals surface area contributed by atoms with E-state index in [1.807, 2.05) is 0 Å². The monoisotopic (exact) mass is 177 g/mol. The summed E-state index contributed by atoms with van der Waals surface area (Å²) in [6.45, 7) is -7.43. The van der Waals surface area contributed by atoms with Gasteiger partial charge in [-0.3, -0.25) is 0 Å². The van der Waals surface area contributed by atoms with Gasteiger partial charge in [0.25, 0.3) is 0 Å². The largest absolute Gasteiger partial charge is 0.418 e. The standard InChI is InChI=1S/C6H10F3NO/c7-6(8,9)5(11)2-1-3-10-4-5/h10-11H,1-4H2/i1D2,2D2,3D2,4D2. The molecule has 0 spiro atoms. The summed E-state index contributed by atoms with van der Waals surface area (Å²) in [5.74, 6) is 0. The maximum absolute atomic E-state index is 12.9. The maximum atomic E-state index is 12.9. The SMILES string of the molecule is [2H]C1([2H])NC([2H])([2H])C(O)(C(F)(F)F)C([2H])([2H])C1([2H])[2H]. The van der Waals surface area contributed by atoms with Crippen molar-refractivity contribution in [2.75, 3.05) is 13.0 Å². The minimum Gasteiger partial charge on any atom is -0.379 e. The quantitative estimate of drug-likeness (QED) is 0.569. The van der Waals surface area contributed by atoms with Crippen LogP contribution in [-0.2, 0) is 0 Å². The van der Waals surface area contributed by atoms with Crippen molar-refractivity contribution in [3.63, 3.8) is 0 Å². The van der Waals surface area contributed by atoms with E-state index in [1.54, 1.807) is 0 Å². The predicted octanol–water partition coefficient (Wildman–Crippen LogP) is 0.663. The van der Waals surface area contributed by atoms with Crippen LogP contribution in [0.5, 0.6) is 0 Å². The van der Waals surface area contributed by atoms with Gasteiger partial charge in [-0.05, 0) is 19.2 Å². The highest BCUT2D eigenvalue weighted by molar-refractivity contribution is 4.91. The number of rotatable bonds is 0. The van der Waals surface area contributed by atoms with E-state index in [4.69, 9.17) is 11.0 Å². The van der Waals surface area contributed by atoms with Crippen molar-refractivity contribution >= 4 is 0 Å². The van der Waals surface area contributed by atoms with Gasteiger partial charge in [0, 0.05) is 17.5 Å². The number of β-amino-alcohol motifs (C(OH)–C–C–N with tert-alkyl or cyclic N) is 1. The van der Waals surface area contributed by atoms with E-state index in [0.29, 0.717) is 0 Å². The molecule has 2 nitrogen and oxygen atoms in total. The summed E-state index contributed by atoms with van der Waals surface area (Å²) in [4.78, 5) is 0. The van der Waals surface area contributed by atoms with Gasteiger partial charge in [0.1, 0.15) is 0 Å². The van der Waals surface area contributed by atoms with Crippen LogP contribution in [0, 0.1) is 0 Å². The third kappa shape index (κ3) is 1.65. The lowest BCUT2D eigenvalue weighted by molar-refractivity contribution is -0.264. The van der Waals surface area contributed by atoms with Crippen LogP contribution in [-0.4, -0.2) is 29.9 Å². The predicted molar refractivity (Wildman–Crippen MR) is 33.1 cm³/mol. The molecule has 1 rings (SSSR count). The maximum Gasteiger partial charge on any atom is 0.418 e. The van der Waals surface area contributed by atoms with Gasteiger partial charge in [-0.15, -0.1) is 0 Å². The molecule has 1 atom stereocenters. The van der Waals surface area contributed by atoms with Crippen molar-refractivity contribution < 1.29 is 29.2 Å². The molecule has 1 saturated heterocycles. The highest BCUT2D eigenvalue weighted by Gasteiger charge is 2.53. The van der Waals surface area contributed by atoms with Gasteiger partial charge in [0.15, 0.2) is 5.60 Å². The highest BCUT2D eigenvalue weighted by atomic mass is 19.4. The average molecular weight is 177 g/mol. The van der Waals surface area contributed by atoms with E-state index in [0.717, 1.165) is 5.32 Å². The average Bonchev–Trinajstić information content (AvgIpc) is 2.10. The summed E-state index contributed by atoms with van der Waals surface area (Å²) in [5, 5.41) is 10.5. The molecule has 11 heavy (non-hydrogen) atoms. The minimum atomic E-state index is -5.86. The Morgan fingerprint density at radius 1 is 1.55 bits per heavy atom. The molecule has 0 aromatic rings. The zero-order chi connectivity index (χ0) is 15.7. The number of piperidine rings is 1. The van der Waals surface area contributed by atoms with Gasteiger partial charge < -0.3 is 10.4 Å². The van der Waals surface area contributed by atoms with E-state index in [1.165, 1.54) is 0 Å². The first kappa shape index (κ1) is 2.88. The lowest BCUT2D eigenvalue weighted by Crippen LogP contribution is -2.55. The second-order valence-electron chi connectivity index (χ2n) is 1.83. The zero-order valence-electron chi connectivity index (χ0n) is 13.1. The molecule has 0 aromatic heterocycles. The normalized spacial score (nSPS) is 62.9. The molecule has 1 unspecified atom stereocenters. The van der Waals surface area contributed by atoms with Crippen LogP contribution in [0.4, 0.5) is 13.2 Å². The Balaban J connectivity index is 3.65. The Bertz CT molecular complexity index is 396. The lowest BCUT2D eigenvalue weighted by atomic mass is 9.94. The summed E-state index contributed by atoms with van der Waals surface area (Å²) in [6, 6.07) is 0. The first-order chi connectivity index (χ1) is 7.96. The molecular weight excluding hydrogens is 159 g/mol. The van der Waals surface area contributed by atoms with Crippen LogP contribution in [0.15, 0.2) is 0 Å². The molecule has 1 heterocycles. The van der Waals surface area contributed by atoms with E-state index >= 15 is 0 Å². The first-order valence-corrected chi connectivity index (χ1v) is 2.54. The number of nitrogens with one attached hydrogen (secondary N) is 1. The zero-order valence-corrected chi connectivity index (χ0v) is 5.08. The Morgan fingerprint density at radius 2 is 2.18 bits per heavy atom. The summed E-state index contributed by atoms with van der Waals surface area (Å²) >= 11 is 0.